The Kier molecular flexibility index (Phi) is 7.22. The van der Waals surface area contributed by atoms with Crippen LogP contribution in [-0.4, -0.2) is 19.1 Å². The number of nitrogens with one attached hydrogen (secondary N) is 1. The normalized spacial score (nSPS) is 10.3. The number of hydrogen-bond donors (Lipinski definition) is 1. The van der Waals surface area contributed by atoms with E-state index in [1.54, 1.807) is 18.2 Å². The Balaban J connectivity index is 1.69. The molecule has 1 N–H and O–H groups in total. The molecule has 0 saturated heterocycles. The molecule has 2 aromatic rings. The quantitative estimate of drug-likeness (QED) is 0.653. The van der Waals surface area contributed by atoms with Crippen LogP contribution in [0, 0.1) is 0 Å². The van der Waals surface area contributed by atoms with E-state index < -0.39 is 0 Å². The Hall–Kier alpha value is -1.91. The molecule has 0 aliphatic rings. The molecule has 1 amide bonds. The van der Waals surface area contributed by atoms with Crippen molar-refractivity contribution >= 4 is 34.8 Å². The highest BCUT2D eigenvalue weighted by atomic mass is 35.5. The van der Waals surface area contributed by atoms with Crippen molar-refractivity contribution in [1.82, 2.24) is 0 Å². The van der Waals surface area contributed by atoms with Crippen molar-refractivity contribution in [2.45, 2.75) is 19.8 Å². The Morgan fingerprint density at radius 3 is 2.29 bits per heavy atom. The molecule has 0 spiro atoms. The number of hydrogen-bond acceptors (Lipinski definition) is 3. The van der Waals surface area contributed by atoms with Crippen LogP contribution in [0.3, 0.4) is 0 Å². The predicted octanol–water partition coefficient (Wildman–Crippen LogP) is 5.19. The van der Waals surface area contributed by atoms with Crippen LogP contribution in [-0.2, 0) is 4.79 Å². The molecule has 0 fully saturated rings. The smallest absolute Gasteiger partial charge is 0.224 e. The summed E-state index contributed by atoms with van der Waals surface area (Å²) in [6.45, 7) is 3.03. The molecule has 0 aromatic heterocycles. The van der Waals surface area contributed by atoms with E-state index >= 15 is 0 Å². The topological polar surface area (TPSA) is 47.6 Å². The summed E-state index contributed by atoms with van der Waals surface area (Å²) in [6, 6.07) is 12.4. The molecule has 0 aliphatic carbocycles. The minimum Gasteiger partial charge on any atom is -0.494 e. The van der Waals surface area contributed by atoms with Crippen molar-refractivity contribution in [1.29, 1.82) is 0 Å². The molecule has 0 atom stereocenters. The number of halogens is 2. The fraction of sp³-hybridized carbons (Fsp3) is 0.278. The van der Waals surface area contributed by atoms with Crippen LogP contribution in [0.15, 0.2) is 42.5 Å². The van der Waals surface area contributed by atoms with E-state index in [1.165, 1.54) is 0 Å². The van der Waals surface area contributed by atoms with Crippen molar-refractivity contribution in [3.63, 3.8) is 0 Å². The van der Waals surface area contributed by atoms with E-state index in [2.05, 4.69) is 5.32 Å². The summed E-state index contributed by atoms with van der Waals surface area (Å²) < 4.78 is 11.0. The maximum Gasteiger partial charge on any atom is 0.224 e. The van der Waals surface area contributed by atoms with Gasteiger partial charge in [0, 0.05) is 12.1 Å². The van der Waals surface area contributed by atoms with Gasteiger partial charge in [0.1, 0.15) is 11.5 Å². The number of ether oxygens (including phenoxy) is 2. The van der Waals surface area contributed by atoms with Gasteiger partial charge in [-0.2, -0.15) is 0 Å². The molecule has 2 rings (SSSR count). The van der Waals surface area contributed by atoms with Gasteiger partial charge in [-0.15, -0.1) is 0 Å². The van der Waals surface area contributed by atoms with Crippen LogP contribution in [0.5, 0.6) is 11.5 Å². The number of carbonyl (C=O) groups is 1. The van der Waals surface area contributed by atoms with Gasteiger partial charge in [0.2, 0.25) is 5.91 Å². The maximum atomic E-state index is 11.9. The third-order valence-corrected chi connectivity index (χ3v) is 3.89. The average molecular weight is 368 g/mol. The zero-order valence-electron chi connectivity index (χ0n) is 13.4. The molecule has 6 heteroatoms. The molecule has 0 radical (unpaired) electrons. The second kappa shape index (κ2) is 9.40. The van der Waals surface area contributed by atoms with Crippen molar-refractivity contribution in [2.75, 3.05) is 18.5 Å². The molecule has 0 aliphatic heterocycles. The van der Waals surface area contributed by atoms with E-state index in [0.29, 0.717) is 41.8 Å². The van der Waals surface area contributed by atoms with Gasteiger partial charge in [-0.1, -0.05) is 23.2 Å². The first-order valence-corrected chi connectivity index (χ1v) is 8.44. The Bertz CT molecular complexity index is 674. The Labute approximate surface area is 151 Å². The van der Waals surface area contributed by atoms with Crippen LogP contribution in [0.1, 0.15) is 19.8 Å². The van der Waals surface area contributed by atoms with Crippen molar-refractivity contribution in [2.24, 2.45) is 0 Å². The van der Waals surface area contributed by atoms with Gasteiger partial charge in [-0.05, 0) is 55.8 Å². The molecule has 0 heterocycles. The van der Waals surface area contributed by atoms with Gasteiger partial charge in [0.25, 0.3) is 0 Å². The molecule has 0 unspecified atom stereocenters. The standard InChI is InChI=1S/C18H19Cl2NO3/c1-2-23-14-6-8-15(9-7-14)24-11-3-4-18(22)21-13-5-10-16(19)17(20)12-13/h5-10,12H,2-4,11H2,1H3,(H,21,22). The fourth-order valence-electron chi connectivity index (χ4n) is 2.02. The van der Waals surface area contributed by atoms with Gasteiger partial charge >= 0.3 is 0 Å². The highest BCUT2D eigenvalue weighted by Crippen LogP contribution is 2.25. The molecule has 2 aromatic carbocycles. The van der Waals surface area contributed by atoms with Crippen LogP contribution in [0.25, 0.3) is 0 Å². The van der Waals surface area contributed by atoms with Gasteiger partial charge in [-0.25, -0.2) is 0 Å². The van der Waals surface area contributed by atoms with Crippen molar-refractivity contribution in [3.8, 4) is 11.5 Å². The van der Waals surface area contributed by atoms with E-state index in [9.17, 15) is 4.79 Å². The summed E-state index contributed by atoms with van der Waals surface area (Å²) in [6.07, 6.45) is 0.970. The third kappa shape index (κ3) is 5.95. The molecule has 0 saturated carbocycles. The number of carbonyl (C=O) groups excluding carboxylic acids is 1. The number of anilines is 1. The van der Waals surface area contributed by atoms with Gasteiger partial charge in [-0.3, -0.25) is 4.79 Å². The van der Waals surface area contributed by atoms with E-state index in [0.717, 1.165) is 11.5 Å². The Morgan fingerprint density at radius 2 is 1.67 bits per heavy atom. The lowest BCUT2D eigenvalue weighted by Crippen LogP contribution is -2.12. The summed E-state index contributed by atoms with van der Waals surface area (Å²) in [7, 11) is 0. The monoisotopic (exact) mass is 367 g/mol. The average Bonchev–Trinajstić information content (AvgIpc) is 2.57. The summed E-state index contributed by atoms with van der Waals surface area (Å²) in [5.41, 5.74) is 0.627. The number of benzene rings is 2. The lowest BCUT2D eigenvalue weighted by atomic mass is 10.2. The molecular formula is C18H19Cl2NO3. The summed E-state index contributed by atoms with van der Waals surface area (Å²) in [5.74, 6) is 1.47. The molecule has 24 heavy (non-hydrogen) atoms. The second-order valence-electron chi connectivity index (χ2n) is 5.03. The van der Waals surface area contributed by atoms with Gasteiger partial charge in [0.15, 0.2) is 0 Å². The number of amides is 1. The highest BCUT2D eigenvalue weighted by molar-refractivity contribution is 6.42. The van der Waals surface area contributed by atoms with Crippen LogP contribution in [0.4, 0.5) is 5.69 Å². The minimum atomic E-state index is -0.0938. The molecular weight excluding hydrogens is 349 g/mol. The molecule has 4 nitrogen and oxygen atoms in total. The summed E-state index contributed by atoms with van der Waals surface area (Å²) in [4.78, 5) is 11.9. The van der Waals surface area contributed by atoms with E-state index in [1.807, 2.05) is 31.2 Å². The minimum absolute atomic E-state index is 0.0938. The first-order chi connectivity index (χ1) is 11.6. The largest absolute Gasteiger partial charge is 0.494 e. The third-order valence-electron chi connectivity index (χ3n) is 3.15. The second-order valence-corrected chi connectivity index (χ2v) is 5.85. The number of rotatable bonds is 8. The lowest BCUT2D eigenvalue weighted by Gasteiger charge is -2.08. The predicted molar refractivity (Wildman–Crippen MR) is 97.4 cm³/mol. The maximum absolute atomic E-state index is 11.9. The highest BCUT2D eigenvalue weighted by Gasteiger charge is 2.05. The van der Waals surface area contributed by atoms with Crippen LogP contribution >= 0.6 is 23.2 Å². The first-order valence-electron chi connectivity index (χ1n) is 7.69. The van der Waals surface area contributed by atoms with Crippen LogP contribution in [0.2, 0.25) is 10.0 Å². The first kappa shape index (κ1) is 18.4. The molecule has 0 bridgehead atoms. The van der Waals surface area contributed by atoms with Gasteiger partial charge < -0.3 is 14.8 Å². The van der Waals surface area contributed by atoms with Crippen LogP contribution < -0.4 is 14.8 Å². The van der Waals surface area contributed by atoms with Crippen molar-refractivity contribution in [3.05, 3.63) is 52.5 Å². The van der Waals surface area contributed by atoms with E-state index in [4.69, 9.17) is 32.7 Å². The summed E-state index contributed by atoms with van der Waals surface area (Å²) >= 11 is 11.7. The molecule has 128 valence electrons. The fourth-order valence-corrected chi connectivity index (χ4v) is 2.32. The Morgan fingerprint density at radius 1 is 1.00 bits per heavy atom. The SMILES string of the molecule is CCOc1ccc(OCCCC(=O)Nc2ccc(Cl)c(Cl)c2)cc1. The lowest BCUT2D eigenvalue weighted by molar-refractivity contribution is -0.116. The zero-order valence-corrected chi connectivity index (χ0v) is 14.9. The van der Waals surface area contributed by atoms with Crippen molar-refractivity contribution < 1.29 is 14.3 Å². The summed E-state index contributed by atoms with van der Waals surface area (Å²) in [5, 5.41) is 3.64. The van der Waals surface area contributed by atoms with Gasteiger partial charge in [0.05, 0.1) is 23.3 Å². The zero-order chi connectivity index (χ0) is 17.4. The van der Waals surface area contributed by atoms with E-state index in [-0.39, 0.29) is 5.91 Å².